The minimum atomic E-state index is -0.352. The molecule has 0 fully saturated rings. The van der Waals surface area contributed by atoms with Crippen LogP contribution in [0, 0.1) is 0 Å². The Labute approximate surface area is 87.9 Å². The minimum absolute atomic E-state index is 0. The third-order valence-corrected chi connectivity index (χ3v) is 0.695. The maximum atomic E-state index is 10.1. The zero-order valence-corrected chi connectivity index (χ0v) is 8.52. The first-order chi connectivity index (χ1) is 2.77. The van der Waals surface area contributed by atoms with Gasteiger partial charge in [-0.05, 0) is 0 Å². The Kier molecular flexibility index (Phi) is 12.4. The molecule has 0 N–H and O–H groups in total. The van der Waals surface area contributed by atoms with E-state index in [0.717, 1.165) is 12.8 Å². The zero-order chi connectivity index (χ0) is 4.99. The summed E-state index contributed by atoms with van der Waals surface area (Å²) in [5.41, 5.74) is 0. The van der Waals surface area contributed by atoms with Gasteiger partial charge in [0.25, 0.3) is 0 Å². The van der Waals surface area contributed by atoms with Gasteiger partial charge in [-0.25, -0.2) is 0 Å². The van der Waals surface area contributed by atoms with Crippen molar-refractivity contribution >= 4 is 0 Å². The summed E-state index contributed by atoms with van der Waals surface area (Å²) in [7, 11) is 0. The van der Waals surface area contributed by atoms with Gasteiger partial charge in [-0.3, -0.25) is 0 Å². The van der Waals surface area contributed by atoms with Crippen molar-refractivity contribution in [1.82, 2.24) is 0 Å². The van der Waals surface area contributed by atoms with E-state index in [1.165, 1.54) is 0 Å². The summed E-state index contributed by atoms with van der Waals surface area (Å²) in [6, 6.07) is 0. The summed E-state index contributed by atoms with van der Waals surface area (Å²) >= 11 is 0. The molecule has 0 aromatic heterocycles. The van der Waals surface area contributed by atoms with E-state index < -0.39 is 0 Å². The second-order valence-corrected chi connectivity index (χ2v) is 1.60. The summed E-state index contributed by atoms with van der Waals surface area (Å²) in [4.78, 5) is 0. The van der Waals surface area contributed by atoms with Gasteiger partial charge in [-0.2, -0.15) is 0 Å². The summed E-state index contributed by atoms with van der Waals surface area (Å²) in [6.45, 7) is 3.72. The maximum absolute atomic E-state index is 10.1. The van der Waals surface area contributed by atoms with Crippen LogP contribution in [0.25, 0.3) is 0 Å². The van der Waals surface area contributed by atoms with Crippen LogP contribution in [-0.4, -0.2) is 6.10 Å². The number of hydrogen-bond acceptors (Lipinski definition) is 1. The van der Waals surface area contributed by atoms with E-state index in [1.807, 2.05) is 6.92 Å². The first-order valence-electron chi connectivity index (χ1n) is 2.43. The first-order valence-corrected chi connectivity index (χ1v) is 2.43. The Morgan fingerprint density at radius 2 is 2.00 bits per heavy atom. The average Bonchev–Trinajstić information content (AvgIpc) is 1.35. The smallest absolute Gasteiger partial charge is 0.852 e. The molecule has 0 aliphatic carbocycles. The molecule has 0 spiro atoms. The molecule has 0 heterocycles. The molecule has 0 radical (unpaired) electrons. The average molecular weight is 126 g/mol. The van der Waals surface area contributed by atoms with Crippen molar-refractivity contribution in [2.45, 2.75) is 32.8 Å². The van der Waals surface area contributed by atoms with Gasteiger partial charge in [0.15, 0.2) is 0 Å². The summed E-state index contributed by atoms with van der Waals surface area (Å²) in [5, 5.41) is 10.1. The quantitative estimate of drug-likeness (QED) is 0.376. The van der Waals surface area contributed by atoms with Crippen molar-refractivity contribution in [3.05, 3.63) is 0 Å². The van der Waals surface area contributed by atoms with Crippen LogP contribution >= 0.6 is 0 Å². The fourth-order valence-electron chi connectivity index (χ4n) is 0.407. The van der Waals surface area contributed by atoms with Crippen LogP contribution in [0.4, 0.5) is 0 Å². The fourth-order valence-corrected chi connectivity index (χ4v) is 0.407. The normalized spacial score (nSPS) is 12.4. The molecular formula is C5H11KO. The monoisotopic (exact) mass is 126 g/mol. The van der Waals surface area contributed by atoms with E-state index in [4.69, 9.17) is 0 Å². The summed E-state index contributed by atoms with van der Waals surface area (Å²) in [5.74, 6) is 0. The maximum Gasteiger partial charge on any atom is 1.00 e. The van der Waals surface area contributed by atoms with Gasteiger partial charge in [-0.15, -0.1) is 6.10 Å². The van der Waals surface area contributed by atoms with Crippen LogP contribution in [0.2, 0.25) is 0 Å². The summed E-state index contributed by atoms with van der Waals surface area (Å²) < 4.78 is 0. The third-order valence-electron chi connectivity index (χ3n) is 0.695. The molecule has 0 saturated heterocycles. The largest absolute Gasteiger partial charge is 1.00 e. The molecule has 38 valence electrons. The van der Waals surface area contributed by atoms with Gasteiger partial charge in [-0.1, -0.05) is 26.7 Å². The SMILES string of the molecule is CCC[C@H](C)[O-].[K+]. The van der Waals surface area contributed by atoms with E-state index in [0.29, 0.717) is 0 Å². The van der Waals surface area contributed by atoms with Crippen molar-refractivity contribution in [2.75, 3.05) is 0 Å². The molecule has 0 saturated carbocycles. The van der Waals surface area contributed by atoms with Crippen LogP contribution in [0.1, 0.15) is 26.7 Å². The zero-order valence-electron chi connectivity index (χ0n) is 5.40. The Bertz CT molecular complexity index is 29.3. The van der Waals surface area contributed by atoms with Crippen molar-refractivity contribution in [2.24, 2.45) is 0 Å². The van der Waals surface area contributed by atoms with Crippen molar-refractivity contribution < 1.29 is 56.5 Å². The summed E-state index contributed by atoms with van der Waals surface area (Å²) in [6.07, 6.45) is 1.49. The molecular weight excluding hydrogens is 115 g/mol. The van der Waals surface area contributed by atoms with Crippen LogP contribution < -0.4 is 56.5 Å². The predicted octanol–water partition coefficient (Wildman–Crippen LogP) is -2.46. The molecule has 0 bridgehead atoms. The Hall–Kier alpha value is 1.60. The molecule has 7 heavy (non-hydrogen) atoms. The van der Waals surface area contributed by atoms with E-state index in [1.54, 1.807) is 6.92 Å². The molecule has 0 aliphatic rings. The number of rotatable bonds is 2. The van der Waals surface area contributed by atoms with E-state index in [9.17, 15) is 5.11 Å². The van der Waals surface area contributed by atoms with Crippen molar-refractivity contribution in [3.63, 3.8) is 0 Å². The molecule has 0 unspecified atom stereocenters. The van der Waals surface area contributed by atoms with Gasteiger partial charge in [0.1, 0.15) is 0 Å². The van der Waals surface area contributed by atoms with Crippen molar-refractivity contribution in [3.8, 4) is 0 Å². The Morgan fingerprint density at radius 1 is 1.57 bits per heavy atom. The Morgan fingerprint density at radius 3 is 2.00 bits per heavy atom. The molecule has 0 aromatic carbocycles. The topological polar surface area (TPSA) is 23.1 Å². The van der Waals surface area contributed by atoms with Crippen LogP contribution in [0.15, 0.2) is 0 Å². The second kappa shape index (κ2) is 7.60. The minimum Gasteiger partial charge on any atom is -0.852 e. The van der Waals surface area contributed by atoms with Crippen molar-refractivity contribution in [1.29, 1.82) is 0 Å². The van der Waals surface area contributed by atoms with Crippen LogP contribution in [0.5, 0.6) is 0 Å². The van der Waals surface area contributed by atoms with Gasteiger partial charge < -0.3 is 5.11 Å². The second-order valence-electron chi connectivity index (χ2n) is 1.60. The van der Waals surface area contributed by atoms with Crippen LogP contribution in [0.3, 0.4) is 0 Å². The van der Waals surface area contributed by atoms with Crippen LogP contribution in [-0.2, 0) is 0 Å². The molecule has 0 aromatic rings. The van der Waals surface area contributed by atoms with Gasteiger partial charge in [0.2, 0.25) is 0 Å². The molecule has 0 rings (SSSR count). The standard InChI is InChI=1S/C5H11O.K/c1-3-4-5(2)6;/h5H,3-4H2,1-2H3;/q-1;+1/t5-;/m0./s1. The fraction of sp³-hybridized carbons (Fsp3) is 1.00. The molecule has 1 nitrogen and oxygen atoms in total. The molecule has 0 aliphatic heterocycles. The molecule has 1 atom stereocenters. The van der Waals surface area contributed by atoms with Gasteiger partial charge >= 0.3 is 51.4 Å². The number of hydrogen-bond donors (Lipinski definition) is 0. The predicted molar refractivity (Wildman–Crippen MR) is 24.4 cm³/mol. The Balaban J connectivity index is 0. The van der Waals surface area contributed by atoms with E-state index in [-0.39, 0.29) is 57.5 Å². The van der Waals surface area contributed by atoms with E-state index in [2.05, 4.69) is 0 Å². The van der Waals surface area contributed by atoms with Gasteiger partial charge in [0.05, 0.1) is 0 Å². The van der Waals surface area contributed by atoms with E-state index >= 15 is 0 Å². The third kappa shape index (κ3) is 11.3. The first kappa shape index (κ1) is 11.4. The van der Waals surface area contributed by atoms with Gasteiger partial charge in [0, 0.05) is 0 Å². The molecule has 2 heteroatoms. The molecule has 0 amide bonds.